The molecule has 2 aliphatic heterocycles. The Hall–Kier alpha value is -3.20. The summed E-state index contributed by atoms with van der Waals surface area (Å²) in [5.74, 6) is -1.05. The lowest BCUT2D eigenvalue weighted by atomic mass is 9.88. The zero-order valence-corrected chi connectivity index (χ0v) is 19.2. The number of aromatic nitrogens is 1. The third-order valence-corrected chi connectivity index (χ3v) is 6.36. The molecule has 0 bridgehead atoms. The first-order valence-electron chi connectivity index (χ1n) is 10.8. The normalized spacial score (nSPS) is 22.8. The van der Waals surface area contributed by atoms with Crippen molar-refractivity contribution in [2.24, 2.45) is 0 Å². The van der Waals surface area contributed by atoms with Crippen molar-refractivity contribution in [1.29, 1.82) is 0 Å². The van der Waals surface area contributed by atoms with Gasteiger partial charge in [-0.05, 0) is 50.6 Å². The smallest absolute Gasteiger partial charge is 0.322 e. The zero-order chi connectivity index (χ0) is 23.8. The number of nitrogens with one attached hydrogen (secondary N) is 2. The number of nitrogens with zero attached hydrogens (tertiary/aromatic N) is 3. The predicted octanol–water partition coefficient (Wildman–Crippen LogP) is 2.73. The highest BCUT2D eigenvalue weighted by Crippen LogP contribution is 2.30. The third-order valence-electron chi connectivity index (χ3n) is 6.14. The van der Waals surface area contributed by atoms with E-state index in [1.165, 1.54) is 12.1 Å². The van der Waals surface area contributed by atoms with Gasteiger partial charge in [0.05, 0.1) is 5.69 Å². The van der Waals surface area contributed by atoms with Crippen LogP contribution in [0.25, 0.3) is 0 Å². The molecule has 3 heterocycles. The number of rotatable bonds is 5. The van der Waals surface area contributed by atoms with Crippen LogP contribution in [0.5, 0.6) is 0 Å². The summed E-state index contributed by atoms with van der Waals surface area (Å²) in [7, 11) is 0. The summed E-state index contributed by atoms with van der Waals surface area (Å²) >= 11 is 6.00. The number of benzene rings is 1. The lowest BCUT2D eigenvalue weighted by Gasteiger charge is -2.41. The molecule has 4 amide bonds. The Morgan fingerprint density at radius 3 is 2.70 bits per heavy atom. The third kappa shape index (κ3) is 4.64. The van der Waals surface area contributed by atoms with Crippen LogP contribution in [0, 0.1) is 12.7 Å². The molecule has 0 aliphatic carbocycles. The van der Waals surface area contributed by atoms with Gasteiger partial charge in [0, 0.05) is 48.5 Å². The number of hydrogen-bond donors (Lipinski definition) is 2. The van der Waals surface area contributed by atoms with Gasteiger partial charge in [0.15, 0.2) is 5.54 Å². The van der Waals surface area contributed by atoms with Crippen LogP contribution < -0.4 is 15.5 Å². The summed E-state index contributed by atoms with van der Waals surface area (Å²) in [6.45, 7) is 5.17. The van der Waals surface area contributed by atoms with Crippen molar-refractivity contribution in [2.75, 3.05) is 24.5 Å². The maximum atomic E-state index is 13.8. The maximum absolute atomic E-state index is 13.8. The molecule has 1 aromatic carbocycles. The molecule has 10 heteroatoms. The lowest BCUT2D eigenvalue weighted by molar-refractivity contribution is -0.133. The molecule has 33 heavy (non-hydrogen) atoms. The Balaban J connectivity index is 1.45. The molecule has 0 radical (unpaired) electrons. The molecule has 2 aromatic rings. The van der Waals surface area contributed by atoms with Gasteiger partial charge in [-0.15, -0.1) is 0 Å². The second kappa shape index (κ2) is 8.97. The molecule has 1 unspecified atom stereocenters. The number of halogens is 2. The van der Waals surface area contributed by atoms with E-state index in [0.29, 0.717) is 41.7 Å². The Bertz CT molecular complexity index is 1090. The number of anilines is 1. The first-order valence-corrected chi connectivity index (χ1v) is 11.1. The van der Waals surface area contributed by atoms with Crippen LogP contribution in [0.1, 0.15) is 31.2 Å². The molecular weight excluding hydrogens is 449 g/mol. The van der Waals surface area contributed by atoms with E-state index >= 15 is 0 Å². The average molecular weight is 474 g/mol. The quantitative estimate of drug-likeness (QED) is 0.651. The molecule has 2 atom stereocenters. The minimum Gasteiger partial charge on any atom is -0.365 e. The van der Waals surface area contributed by atoms with E-state index in [1.54, 1.807) is 36.1 Å². The summed E-state index contributed by atoms with van der Waals surface area (Å²) in [4.78, 5) is 45.8. The van der Waals surface area contributed by atoms with Crippen molar-refractivity contribution in [3.05, 3.63) is 58.6 Å². The predicted molar refractivity (Wildman–Crippen MR) is 121 cm³/mol. The Morgan fingerprint density at radius 2 is 2.06 bits per heavy atom. The highest BCUT2D eigenvalue weighted by Gasteiger charge is 2.49. The van der Waals surface area contributed by atoms with Gasteiger partial charge in [0.1, 0.15) is 5.82 Å². The van der Waals surface area contributed by atoms with Gasteiger partial charge < -0.3 is 15.1 Å². The van der Waals surface area contributed by atoms with Gasteiger partial charge in [0.25, 0.3) is 5.91 Å². The SMILES string of the molecule is Cc1cccc(C2(CCC(=O)N3CCN(c4cc(F)cc(Cl)c4)[C@@H](C)C3)NC(=O)NC2=O)n1. The van der Waals surface area contributed by atoms with Crippen LogP contribution in [-0.4, -0.2) is 53.4 Å². The van der Waals surface area contributed by atoms with Gasteiger partial charge in [-0.25, -0.2) is 9.18 Å². The van der Waals surface area contributed by atoms with Crippen LogP contribution in [-0.2, 0) is 15.1 Å². The molecule has 2 aliphatic rings. The molecular formula is C23H25ClFN5O3. The Kier molecular flexibility index (Phi) is 6.25. The summed E-state index contributed by atoms with van der Waals surface area (Å²) < 4.78 is 13.8. The van der Waals surface area contributed by atoms with E-state index in [9.17, 15) is 18.8 Å². The monoisotopic (exact) mass is 473 g/mol. The van der Waals surface area contributed by atoms with E-state index in [0.717, 1.165) is 0 Å². The summed E-state index contributed by atoms with van der Waals surface area (Å²) in [6.07, 6.45) is 0.149. The van der Waals surface area contributed by atoms with Crippen molar-refractivity contribution >= 4 is 35.1 Å². The molecule has 174 valence electrons. The topological polar surface area (TPSA) is 94.6 Å². The number of urea groups is 1. The first kappa shape index (κ1) is 23.0. The summed E-state index contributed by atoms with van der Waals surface area (Å²) in [5, 5.41) is 5.27. The number of aryl methyl sites for hydroxylation is 1. The van der Waals surface area contributed by atoms with Gasteiger partial charge >= 0.3 is 6.03 Å². The fourth-order valence-electron chi connectivity index (χ4n) is 4.48. The number of amides is 4. The number of piperazine rings is 1. The molecule has 2 fully saturated rings. The number of pyridine rings is 1. The van der Waals surface area contributed by atoms with Crippen molar-refractivity contribution in [2.45, 2.75) is 38.3 Å². The number of carbonyl (C=O) groups is 3. The van der Waals surface area contributed by atoms with E-state index < -0.39 is 23.3 Å². The molecule has 0 saturated carbocycles. The number of hydrogen-bond acceptors (Lipinski definition) is 5. The van der Waals surface area contributed by atoms with Gasteiger partial charge in [-0.3, -0.25) is 19.9 Å². The van der Waals surface area contributed by atoms with Crippen LogP contribution in [0.4, 0.5) is 14.9 Å². The molecule has 0 spiro atoms. The van der Waals surface area contributed by atoms with Crippen LogP contribution >= 0.6 is 11.6 Å². The van der Waals surface area contributed by atoms with Gasteiger partial charge in [-0.1, -0.05) is 17.7 Å². The van der Waals surface area contributed by atoms with E-state index in [-0.39, 0.29) is 24.8 Å². The second-order valence-corrected chi connectivity index (χ2v) is 8.92. The van der Waals surface area contributed by atoms with Crippen molar-refractivity contribution in [3.63, 3.8) is 0 Å². The van der Waals surface area contributed by atoms with Gasteiger partial charge in [0.2, 0.25) is 5.91 Å². The summed E-state index contributed by atoms with van der Waals surface area (Å²) in [6, 6.07) is 8.97. The van der Waals surface area contributed by atoms with Crippen LogP contribution in [0.3, 0.4) is 0 Å². The fourth-order valence-corrected chi connectivity index (χ4v) is 4.70. The van der Waals surface area contributed by atoms with E-state index in [4.69, 9.17) is 11.6 Å². The van der Waals surface area contributed by atoms with Gasteiger partial charge in [-0.2, -0.15) is 0 Å². The van der Waals surface area contributed by atoms with Crippen LogP contribution in [0.15, 0.2) is 36.4 Å². The van der Waals surface area contributed by atoms with Crippen molar-refractivity contribution in [3.8, 4) is 0 Å². The molecule has 8 nitrogen and oxygen atoms in total. The van der Waals surface area contributed by atoms with Crippen molar-refractivity contribution < 1.29 is 18.8 Å². The van der Waals surface area contributed by atoms with E-state index in [2.05, 4.69) is 15.6 Å². The van der Waals surface area contributed by atoms with Crippen LogP contribution in [0.2, 0.25) is 5.02 Å². The highest BCUT2D eigenvalue weighted by molar-refractivity contribution is 6.30. The highest BCUT2D eigenvalue weighted by atomic mass is 35.5. The minimum atomic E-state index is -1.38. The second-order valence-electron chi connectivity index (χ2n) is 8.49. The maximum Gasteiger partial charge on any atom is 0.322 e. The zero-order valence-electron chi connectivity index (χ0n) is 18.4. The molecule has 4 rings (SSSR count). The van der Waals surface area contributed by atoms with Crippen molar-refractivity contribution in [1.82, 2.24) is 20.5 Å². The molecule has 2 N–H and O–H groups in total. The standard InChI is InChI=1S/C23H25ClFN5O3/c1-14-4-3-5-19(26-14)23(21(32)27-22(33)28-23)7-6-20(31)29-8-9-30(15(2)13-29)18-11-16(24)10-17(25)12-18/h3-5,10-12,15H,6-9,13H2,1-2H3,(H2,27,28,32,33)/t15-,23?/m0/s1. The number of imide groups is 1. The summed E-state index contributed by atoms with van der Waals surface area (Å²) in [5.41, 5.74) is 0.397. The number of carbonyl (C=O) groups excluding carboxylic acids is 3. The largest absolute Gasteiger partial charge is 0.365 e. The fraction of sp³-hybridized carbons (Fsp3) is 0.391. The molecule has 2 saturated heterocycles. The van der Waals surface area contributed by atoms with E-state index in [1.807, 2.05) is 11.8 Å². The molecule has 1 aromatic heterocycles. The Labute approximate surface area is 196 Å². The lowest BCUT2D eigenvalue weighted by Crippen LogP contribution is -2.54. The average Bonchev–Trinajstić information content (AvgIpc) is 3.05. The first-order chi connectivity index (χ1) is 15.7. The Morgan fingerprint density at radius 1 is 1.27 bits per heavy atom. The minimum absolute atomic E-state index is 0.0533.